The molecule has 2 aromatic heterocycles. The predicted molar refractivity (Wildman–Crippen MR) is 230 cm³/mol. The van der Waals surface area contributed by atoms with Crippen LogP contribution < -0.4 is 0 Å². The Morgan fingerprint density at radius 2 is 0.741 bits per heavy atom. The van der Waals surface area contributed by atoms with Crippen molar-refractivity contribution in [3.8, 4) is 22.3 Å². The number of rotatable bonds is 6. The highest BCUT2D eigenvalue weighted by atomic mass is 14.8. The van der Waals surface area contributed by atoms with Gasteiger partial charge in [-0.15, -0.1) is 0 Å². The summed E-state index contributed by atoms with van der Waals surface area (Å²) in [7, 11) is 0. The minimum absolute atomic E-state index is 0.413. The molecule has 54 heavy (non-hydrogen) atoms. The topological polar surface area (TPSA) is 25.8 Å². The molecule has 0 atom stereocenters. The first-order valence-corrected chi connectivity index (χ1v) is 19.0. The van der Waals surface area contributed by atoms with E-state index in [0.717, 1.165) is 33.2 Å². The number of benzene rings is 7. The second-order valence-corrected chi connectivity index (χ2v) is 15.9. The monoisotopic (exact) mass is 696 g/mol. The lowest BCUT2D eigenvalue weighted by molar-refractivity contribution is 0.620. The maximum absolute atomic E-state index is 5.72. The molecule has 7 aromatic carbocycles. The van der Waals surface area contributed by atoms with Crippen LogP contribution in [0.1, 0.15) is 61.3 Å². The summed E-state index contributed by atoms with van der Waals surface area (Å²) in [5, 5.41) is 7.22. The Hall–Kier alpha value is -6.12. The Labute approximate surface area is 318 Å². The molecule has 0 amide bonds. The molecule has 0 saturated heterocycles. The molecule has 0 bridgehead atoms. The maximum Gasteiger partial charge on any atom is 0.0974 e. The van der Waals surface area contributed by atoms with Crippen LogP contribution in [-0.4, -0.2) is 9.97 Å². The van der Waals surface area contributed by atoms with Gasteiger partial charge in [0.1, 0.15) is 0 Å². The lowest BCUT2D eigenvalue weighted by Gasteiger charge is -2.30. The van der Waals surface area contributed by atoms with Crippen molar-refractivity contribution in [1.82, 2.24) is 9.97 Å². The predicted octanol–water partition coefficient (Wildman–Crippen LogP) is 13.7. The number of pyridine rings is 2. The molecular weight excluding hydrogens is 653 g/mol. The Morgan fingerprint density at radius 3 is 1.15 bits per heavy atom. The largest absolute Gasteiger partial charge is 0.250 e. The SMILES string of the molecule is Cc1ccc2ccccc2c1C(C)(C)c1cc(-c2ccccc2)c2ccc3c(-c4ccccc4)cc(C(C)(C)c4c(C)ccc5ccccc45)nc3c2n1. The minimum Gasteiger partial charge on any atom is -0.250 e. The molecule has 9 aromatic rings. The van der Waals surface area contributed by atoms with Crippen molar-refractivity contribution < 1.29 is 0 Å². The molecule has 0 saturated carbocycles. The second kappa shape index (κ2) is 12.8. The van der Waals surface area contributed by atoms with Gasteiger partial charge in [-0.3, -0.25) is 0 Å². The van der Waals surface area contributed by atoms with Crippen LogP contribution in [0.25, 0.3) is 65.6 Å². The average molecular weight is 697 g/mol. The molecular formula is C52H44N2. The van der Waals surface area contributed by atoms with Crippen LogP contribution in [0.2, 0.25) is 0 Å². The van der Waals surface area contributed by atoms with Gasteiger partial charge in [0.2, 0.25) is 0 Å². The van der Waals surface area contributed by atoms with Crippen molar-refractivity contribution in [2.75, 3.05) is 0 Å². The lowest BCUT2D eigenvalue weighted by Crippen LogP contribution is -2.23. The summed E-state index contributed by atoms with van der Waals surface area (Å²) >= 11 is 0. The Balaban J connectivity index is 1.40. The number of fused-ring (bicyclic) bond motifs is 5. The number of aromatic nitrogens is 2. The molecule has 2 heteroatoms. The summed E-state index contributed by atoms with van der Waals surface area (Å²) in [6, 6.07) is 57.2. The standard InChI is InChI=1S/C52H44N2/c1-33-25-27-37-21-13-15-23-39(37)47(33)51(3,4)45-31-43(35-17-9-7-10-18-35)41-29-30-42-44(36-19-11-8-12-20-36)32-46(54-50(42)49(41)53-45)52(5,6)48-34(2)26-28-38-22-14-16-24-40(38)48/h7-32H,1-6H3. The molecule has 0 aliphatic carbocycles. The molecule has 0 aliphatic heterocycles. The zero-order valence-corrected chi connectivity index (χ0v) is 31.9. The molecule has 9 rings (SSSR count). The quantitative estimate of drug-likeness (QED) is 0.162. The maximum atomic E-state index is 5.72. The van der Waals surface area contributed by atoms with E-state index in [2.05, 4.69) is 199 Å². The van der Waals surface area contributed by atoms with Crippen LogP contribution in [-0.2, 0) is 10.8 Å². The highest BCUT2D eigenvalue weighted by molar-refractivity contribution is 6.12. The van der Waals surface area contributed by atoms with E-state index < -0.39 is 10.8 Å². The van der Waals surface area contributed by atoms with Gasteiger partial charge in [-0.25, -0.2) is 9.97 Å². The Bertz CT molecular complexity index is 2680. The van der Waals surface area contributed by atoms with E-state index in [1.807, 2.05) is 0 Å². The van der Waals surface area contributed by atoms with Gasteiger partial charge in [0, 0.05) is 21.6 Å². The zero-order valence-electron chi connectivity index (χ0n) is 31.9. The Morgan fingerprint density at radius 1 is 0.370 bits per heavy atom. The fourth-order valence-electron chi connectivity index (χ4n) is 9.00. The third kappa shape index (κ3) is 5.39. The van der Waals surface area contributed by atoms with Gasteiger partial charge >= 0.3 is 0 Å². The smallest absolute Gasteiger partial charge is 0.0974 e. The number of nitrogens with zero attached hydrogens (tertiary/aromatic N) is 2. The molecule has 0 N–H and O–H groups in total. The highest BCUT2D eigenvalue weighted by Gasteiger charge is 2.32. The first kappa shape index (κ1) is 33.7. The summed E-state index contributed by atoms with van der Waals surface area (Å²) in [4.78, 5) is 11.4. The molecule has 262 valence electrons. The van der Waals surface area contributed by atoms with Crippen molar-refractivity contribution in [3.63, 3.8) is 0 Å². The highest BCUT2D eigenvalue weighted by Crippen LogP contribution is 2.45. The van der Waals surface area contributed by atoms with Crippen molar-refractivity contribution in [2.24, 2.45) is 0 Å². The number of aryl methyl sites for hydroxylation is 2. The van der Waals surface area contributed by atoms with Gasteiger partial charge in [0.15, 0.2) is 0 Å². The van der Waals surface area contributed by atoms with Crippen LogP contribution in [0.5, 0.6) is 0 Å². The van der Waals surface area contributed by atoms with Gasteiger partial charge < -0.3 is 0 Å². The fourth-order valence-corrected chi connectivity index (χ4v) is 9.00. The number of hydrogen-bond acceptors (Lipinski definition) is 2. The third-order valence-corrected chi connectivity index (χ3v) is 11.7. The molecule has 0 spiro atoms. The van der Waals surface area contributed by atoms with Crippen LogP contribution in [0.3, 0.4) is 0 Å². The van der Waals surface area contributed by atoms with E-state index in [1.54, 1.807) is 0 Å². The van der Waals surface area contributed by atoms with E-state index in [9.17, 15) is 0 Å². The molecule has 0 fully saturated rings. The van der Waals surface area contributed by atoms with Crippen LogP contribution in [0.15, 0.2) is 158 Å². The third-order valence-electron chi connectivity index (χ3n) is 11.7. The summed E-state index contributed by atoms with van der Waals surface area (Å²) in [6.07, 6.45) is 0. The second-order valence-electron chi connectivity index (χ2n) is 15.9. The lowest BCUT2D eigenvalue weighted by atomic mass is 9.75. The van der Waals surface area contributed by atoms with Gasteiger partial charge in [0.05, 0.1) is 22.4 Å². The summed E-state index contributed by atoms with van der Waals surface area (Å²) in [5.74, 6) is 0. The van der Waals surface area contributed by atoms with E-state index >= 15 is 0 Å². The molecule has 2 nitrogen and oxygen atoms in total. The van der Waals surface area contributed by atoms with Gasteiger partial charge in [-0.05, 0) is 92.0 Å². The minimum atomic E-state index is -0.413. The average Bonchev–Trinajstić information content (AvgIpc) is 3.20. The van der Waals surface area contributed by atoms with Crippen LogP contribution in [0, 0.1) is 13.8 Å². The molecule has 0 unspecified atom stereocenters. The van der Waals surface area contributed by atoms with E-state index in [-0.39, 0.29) is 0 Å². The summed E-state index contributed by atoms with van der Waals surface area (Å²) in [5.41, 5.74) is 12.9. The molecule has 2 heterocycles. The summed E-state index contributed by atoms with van der Waals surface area (Å²) < 4.78 is 0. The summed E-state index contributed by atoms with van der Waals surface area (Å²) in [6.45, 7) is 13.8. The van der Waals surface area contributed by atoms with Gasteiger partial charge in [-0.2, -0.15) is 0 Å². The van der Waals surface area contributed by atoms with Gasteiger partial charge in [0.25, 0.3) is 0 Å². The number of hydrogen-bond donors (Lipinski definition) is 0. The van der Waals surface area contributed by atoms with Crippen molar-refractivity contribution in [1.29, 1.82) is 0 Å². The van der Waals surface area contributed by atoms with E-state index in [0.29, 0.717) is 0 Å². The molecule has 0 aliphatic rings. The fraction of sp³-hybridized carbons (Fsp3) is 0.154. The van der Waals surface area contributed by atoms with E-state index in [1.165, 1.54) is 66.1 Å². The van der Waals surface area contributed by atoms with Crippen LogP contribution in [0.4, 0.5) is 0 Å². The zero-order chi connectivity index (χ0) is 37.2. The van der Waals surface area contributed by atoms with Gasteiger partial charge in [-0.1, -0.05) is 173 Å². The van der Waals surface area contributed by atoms with Crippen molar-refractivity contribution in [3.05, 3.63) is 191 Å². The Kier molecular flexibility index (Phi) is 7.97. The normalized spacial score (nSPS) is 12.3. The first-order chi connectivity index (χ1) is 26.1. The van der Waals surface area contributed by atoms with Crippen molar-refractivity contribution >= 4 is 43.4 Å². The van der Waals surface area contributed by atoms with E-state index in [4.69, 9.17) is 9.97 Å². The first-order valence-electron chi connectivity index (χ1n) is 19.0. The van der Waals surface area contributed by atoms with Crippen molar-refractivity contribution in [2.45, 2.75) is 52.4 Å². The molecule has 0 radical (unpaired) electrons. The van der Waals surface area contributed by atoms with Crippen LogP contribution >= 0.6 is 0 Å².